The van der Waals surface area contributed by atoms with Gasteiger partial charge in [-0.15, -0.1) is 0 Å². The highest BCUT2D eigenvalue weighted by atomic mass is 32.1. The van der Waals surface area contributed by atoms with Crippen LogP contribution in [0.1, 0.15) is 28.1 Å². The van der Waals surface area contributed by atoms with Crippen LogP contribution in [0.5, 0.6) is 5.75 Å². The van der Waals surface area contributed by atoms with Crippen molar-refractivity contribution in [2.45, 2.75) is 19.4 Å². The lowest BCUT2D eigenvalue weighted by Gasteiger charge is -2.20. The van der Waals surface area contributed by atoms with Gasteiger partial charge in [0.1, 0.15) is 16.3 Å². The summed E-state index contributed by atoms with van der Waals surface area (Å²) in [4.78, 5) is 18.4. The third kappa shape index (κ3) is 4.10. The van der Waals surface area contributed by atoms with Crippen LogP contribution >= 0.6 is 11.3 Å². The second kappa shape index (κ2) is 8.58. The maximum Gasteiger partial charge on any atom is 0.184 e. The lowest BCUT2D eigenvalue weighted by atomic mass is 9.94. The molecule has 1 aliphatic rings. The predicted octanol–water partition coefficient (Wildman–Crippen LogP) is 4.63. The summed E-state index contributed by atoms with van der Waals surface area (Å²) in [6.45, 7) is 1.85. The summed E-state index contributed by atoms with van der Waals surface area (Å²) < 4.78 is 16.2. The first-order chi connectivity index (χ1) is 13.7. The van der Waals surface area contributed by atoms with E-state index in [4.69, 9.17) is 13.9 Å². The van der Waals surface area contributed by atoms with E-state index in [1.807, 2.05) is 30.3 Å². The third-order valence-corrected chi connectivity index (χ3v) is 5.80. The summed E-state index contributed by atoms with van der Waals surface area (Å²) in [6.07, 6.45) is 3.10. The molecule has 0 radical (unpaired) electrons. The average Bonchev–Trinajstić information content (AvgIpc) is 3.42. The van der Waals surface area contributed by atoms with Crippen molar-refractivity contribution in [1.82, 2.24) is 4.98 Å². The van der Waals surface area contributed by atoms with E-state index in [-0.39, 0.29) is 11.7 Å². The first-order valence-corrected chi connectivity index (χ1v) is 10.1. The van der Waals surface area contributed by atoms with Gasteiger partial charge in [0.15, 0.2) is 16.7 Å². The second-order valence-corrected chi connectivity index (χ2v) is 7.63. The van der Waals surface area contributed by atoms with Crippen molar-refractivity contribution in [1.29, 1.82) is 0 Å². The lowest BCUT2D eigenvalue weighted by molar-refractivity contribution is 0.0547. The summed E-state index contributed by atoms with van der Waals surface area (Å²) in [6, 6.07) is 11.5. The fourth-order valence-corrected chi connectivity index (χ4v) is 4.23. The molecule has 3 heterocycles. The van der Waals surface area contributed by atoms with E-state index < -0.39 is 0 Å². The summed E-state index contributed by atoms with van der Waals surface area (Å²) >= 11 is 1.38. The highest BCUT2D eigenvalue weighted by molar-refractivity contribution is 7.18. The number of Topliss-reactive ketones (excluding diaryl/α,β-unsaturated/α-hetero) is 1. The van der Waals surface area contributed by atoms with Gasteiger partial charge in [0.2, 0.25) is 0 Å². The fraction of sp³-hybridized carbons (Fsp3) is 0.333. The molecule has 1 fully saturated rings. The number of aromatic nitrogens is 1. The first kappa shape index (κ1) is 18.7. The fourth-order valence-electron chi connectivity index (χ4n) is 3.25. The van der Waals surface area contributed by atoms with Gasteiger partial charge in [-0.1, -0.05) is 23.5 Å². The number of methoxy groups -OCH3 is 1. The molecule has 6 nitrogen and oxygen atoms in total. The van der Waals surface area contributed by atoms with E-state index in [2.05, 4.69) is 10.3 Å². The normalized spacial score (nSPS) is 14.8. The van der Waals surface area contributed by atoms with Crippen molar-refractivity contribution in [3.8, 4) is 17.2 Å². The van der Waals surface area contributed by atoms with Crippen LogP contribution in [0.2, 0.25) is 0 Å². The van der Waals surface area contributed by atoms with Crippen LogP contribution in [0.25, 0.3) is 11.5 Å². The molecule has 1 N–H and O–H groups in total. The molecule has 0 aliphatic carbocycles. The lowest BCUT2D eigenvalue weighted by Crippen LogP contribution is -2.23. The van der Waals surface area contributed by atoms with Crippen molar-refractivity contribution in [3.05, 3.63) is 53.1 Å². The Balaban J connectivity index is 1.57. The zero-order valence-corrected chi connectivity index (χ0v) is 16.5. The summed E-state index contributed by atoms with van der Waals surface area (Å²) in [7, 11) is 1.65. The largest absolute Gasteiger partial charge is 0.497 e. The minimum Gasteiger partial charge on any atom is -0.497 e. The molecule has 1 saturated heterocycles. The van der Waals surface area contributed by atoms with Crippen molar-refractivity contribution in [2.75, 3.05) is 25.6 Å². The molecule has 146 valence electrons. The number of ether oxygens (including phenoxy) is 2. The van der Waals surface area contributed by atoms with Gasteiger partial charge in [0, 0.05) is 25.7 Å². The molecule has 0 saturated carbocycles. The minimum atomic E-state index is -0.0193. The summed E-state index contributed by atoms with van der Waals surface area (Å²) in [5.41, 5.74) is 1.69. The Labute approximate surface area is 167 Å². The van der Waals surface area contributed by atoms with Gasteiger partial charge in [0.25, 0.3) is 0 Å². The second-order valence-electron chi connectivity index (χ2n) is 6.63. The molecule has 1 aliphatic heterocycles. The molecule has 0 atom stereocenters. The van der Waals surface area contributed by atoms with Crippen LogP contribution in [-0.4, -0.2) is 31.1 Å². The highest BCUT2D eigenvalue weighted by Gasteiger charge is 2.29. The number of hydrogen-bond donors (Lipinski definition) is 1. The quantitative estimate of drug-likeness (QED) is 0.585. The molecule has 7 heteroatoms. The van der Waals surface area contributed by atoms with E-state index in [0.717, 1.165) is 24.2 Å². The standard InChI is InChI=1S/C21H22N2O4S/c1-25-16-5-2-4-14(12-16)13-22-21-23-18(17-6-3-9-27-17)20(28-21)19(24)15-7-10-26-11-8-15/h2-6,9,12,15H,7-8,10-11,13H2,1H3,(H,22,23). The Morgan fingerprint density at radius 1 is 1.29 bits per heavy atom. The van der Waals surface area contributed by atoms with Crippen LogP contribution in [0.4, 0.5) is 5.13 Å². The number of furan rings is 1. The topological polar surface area (TPSA) is 73.6 Å². The average molecular weight is 398 g/mol. The molecule has 0 unspecified atom stereocenters. The smallest absolute Gasteiger partial charge is 0.184 e. The Morgan fingerprint density at radius 3 is 2.89 bits per heavy atom. The number of thiazole rings is 1. The van der Waals surface area contributed by atoms with Gasteiger partial charge in [-0.3, -0.25) is 4.79 Å². The van der Waals surface area contributed by atoms with Gasteiger partial charge in [-0.25, -0.2) is 4.98 Å². The van der Waals surface area contributed by atoms with Gasteiger partial charge in [-0.05, 0) is 42.7 Å². The molecule has 0 spiro atoms. The number of anilines is 1. The zero-order valence-electron chi connectivity index (χ0n) is 15.6. The molecule has 1 aromatic carbocycles. The molecule has 3 aromatic rings. The molecule has 4 rings (SSSR count). The van der Waals surface area contributed by atoms with Crippen molar-refractivity contribution >= 4 is 22.3 Å². The van der Waals surface area contributed by atoms with Crippen LogP contribution in [0.15, 0.2) is 47.1 Å². The third-order valence-electron chi connectivity index (χ3n) is 4.78. The van der Waals surface area contributed by atoms with E-state index >= 15 is 0 Å². The maximum atomic E-state index is 13.1. The zero-order chi connectivity index (χ0) is 19.3. The minimum absolute atomic E-state index is 0.0193. The molecule has 2 aromatic heterocycles. The van der Waals surface area contributed by atoms with Crippen LogP contribution in [-0.2, 0) is 11.3 Å². The highest BCUT2D eigenvalue weighted by Crippen LogP contribution is 2.35. The Hall–Kier alpha value is -2.64. The number of nitrogens with zero attached hydrogens (tertiary/aromatic N) is 1. The molecular formula is C21H22N2O4S. The van der Waals surface area contributed by atoms with E-state index in [1.165, 1.54) is 11.3 Å². The van der Waals surface area contributed by atoms with Crippen molar-refractivity contribution < 1.29 is 18.7 Å². The van der Waals surface area contributed by atoms with E-state index in [1.54, 1.807) is 19.4 Å². The molecule has 28 heavy (non-hydrogen) atoms. The van der Waals surface area contributed by atoms with Crippen molar-refractivity contribution in [2.24, 2.45) is 5.92 Å². The van der Waals surface area contributed by atoms with Gasteiger partial charge in [-0.2, -0.15) is 0 Å². The van der Waals surface area contributed by atoms with Crippen LogP contribution < -0.4 is 10.1 Å². The summed E-state index contributed by atoms with van der Waals surface area (Å²) in [5, 5.41) is 4.02. The predicted molar refractivity (Wildman–Crippen MR) is 108 cm³/mol. The SMILES string of the molecule is COc1cccc(CNc2nc(-c3ccco3)c(C(=O)C3CCOCC3)s2)c1. The molecular weight excluding hydrogens is 376 g/mol. The van der Waals surface area contributed by atoms with E-state index in [0.29, 0.717) is 41.2 Å². The van der Waals surface area contributed by atoms with E-state index in [9.17, 15) is 4.79 Å². The number of nitrogens with one attached hydrogen (secondary N) is 1. The maximum absolute atomic E-state index is 13.1. The molecule has 0 bridgehead atoms. The van der Waals surface area contributed by atoms with Crippen molar-refractivity contribution in [3.63, 3.8) is 0 Å². The number of hydrogen-bond acceptors (Lipinski definition) is 7. The van der Waals surface area contributed by atoms with Crippen LogP contribution in [0.3, 0.4) is 0 Å². The van der Waals surface area contributed by atoms with Gasteiger partial charge in [0.05, 0.1) is 13.4 Å². The van der Waals surface area contributed by atoms with Gasteiger partial charge < -0.3 is 19.2 Å². The Morgan fingerprint density at radius 2 is 2.14 bits per heavy atom. The number of carbonyl (C=O) groups excluding carboxylic acids is 1. The number of ketones is 1. The summed E-state index contributed by atoms with van der Waals surface area (Å²) in [5.74, 6) is 1.53. The molecule has 0 amide bonds. The number of rotatable bonds is 7. The first-order valence-electron chi connectivity index (χ1n) is 9.28. The van der Waals surface area contributed by atoms with Crippen LogP contribution in [0, 0.1) is 5.92 Å². The Bertz CT molecular complexity index is 930. The Kier molecular flexibility index (Phi) is 5.73. The number of benzene rings is 1. The number of carbonyl (C=O) groups is 1. The monoisotopic (exact) mass is 398 g/mol. The van der Waals surface area contributed by atoms with Gasteiger partial charge >= 0.3 is 0 Å².